The minimum absolute atomic E-state index is 0.353. The highest BCUT2D eigenvalue weighted by molar-refractivity contribution is 5.34. The molecule has 1 unspecified atom stereocenters. The van der Waals surface area contributed by atoms with Crippen LogP contribution >= 0.6 is 0 Å². The van der Waals surface area contributed by atoms with E-state index >= 15 is 0 Å². The van der Waals surface area contributed by atoms with E-state index in [2.05, 4.69) is 62.2 Å². The highest BCUT2D eigenvalue weighted by Gasteiger charge is 2.09. The molecule has 25 heavy (non-hydrogen) atoms. The van der Waals surface area contributed by atoms with Crippen molar-refractivity contribution in [2.45, 2.75) is 71.6 Å². The number of aryl methyl sites for hydroxylation is 1. The van der Waals surface area contributed by atoms with Gasteiger partial charge in [-0.05, 0) is 42.2 Å². The van der Waals surface area contributed by atoms with Gasteiger partial charge in [0.2, 0.25) is 0 Å². The molecule has 1 aromatic carbocycles. The number of pyridine rings is 1. The molecule has 0 saturated heterocycles. The minimum atomic E-state index is 0.353. The monoisotopic (exact) mass is 339 g/mol. The molecule has 2 heteroatoms. The van der Waals surface area contributed by atoms with E-state index in [0.29, 0.717) is 5.92 Å². The van der Waals surface area contributed by atoms with Crippen LogP contribution in [0.2, 0.25) is 0 Å². The smallest absolute Gasteiger partial charge is 0.119 e. The van der Waals surface area contributed by atoms with Crippen LogP contribution in [-0.2, 0) is 6.42 Å². The van der Waals surface area contributed by atoms with Gasteiger partial charge in [-0.3, -0.25) is 4.98 Å². The molecule has 0 aliphatic carbocycles. The van der Waals surface area contributed by atoms with Gasteiger partial charge in [-0.2, -0.15) is 0 Å². The maximum absolute atomic E-state index is 5.86. The highest BCUT2D eigenvalue weighted by Crippen LogP contribution is 2.25. The minimum Gasteiger partial charge on any atom is -0.494 e. The van der Waals surface area contributed by atoms with E-state index in [1.54, 1.807) is 0 Å². The van der Waals surface area contributed by atoms with E-state index in [-0.39, 0.29) is 0 Å². The Balaban J connectivity index is 1.84. The summed E-state index contributed by atoms with van der Waals surface area (Å²) >= 11 is 0. The zero-order chi connectivity index (χ0) is 17.9. The molecule has 0 amide bonds. The van der Waals surface area contributed by atoms with Crippen LogP contribution in [0.25, 0.3) is 0 Å². The number of unbranched alkanes of at least 4 members (excludes halogenated alkanes) is 4. The lowest BCUT2D eigenvalue weighted by atomic mass is 9.94. The summed E-state index contributed by atoms with van der Waals surface area (Å²) in [4.78, 5) is 4.58. The van der Waals surface area contributed by atoms with Gasteiger partial charge in [0, 0.05) is 17.8 Å². The van der Waals surface area contributed by atoms with E-state index in [0.717, 1.165) is 31.6 Å². The van der Waals surface area contributed by atoms with Crippen LogP contribution < -0.4 is 4.74 Å². The Morgan fingerprint density at radius 3 is 2.20 bits per heavy atom. The quantitative estimate of drug-likeness (QED) is 0.434. The second-order valence-electron chi connectivity index (χ2n) is 6.89. The van der Waals surface area contributed by atoms with Crippen LogP contribution in [0.1, 0.15) is 82.0 Å². The Morgan fingerprint density at radius 1 is 0.840 bits per heavy atom. The van der Waals surface area contributed by atoms with Gasteiger partial charge in [-0.15, -0.1) is 0 Å². The first-order valence-corrected chi connectivity index (χ1v) is 9.92. The van der Waals surface area contributed by atoms with Gasteiger partial charge in [0.1, 0.15) is 5.75 Å². The number of benzene rings is 1. The van der Waals surface area contributed by atoms with Crippen LogP contribution in [0.4, 0.5) is 0 Å². The first-order chi connectivity index (χ1) is 12.2. The fourth-order valence-electron chi connectivity index (χ4n) is 3.04. The van der Waals surface area contributed by atoms with Crippen LogP contribution in [0.5, 0.6) is 5.75 Å². The summed E-state index contributed by atoms with van der Waals surface area (Å²) in [6, 6.07) is 12.9. The Hall–Kier alpha value is -1.83. The molecule has 2 nitrogen and oxygen atoms in total. The van der Waals surface area contributed by atoms with Gasteiger partial charge >= 0.3 is 0 Å². The van der Waals surface area contributed by atoms with Gasteiger partial charge in [-0.1, -0.05) is 71.1 Å². The molecule has 2 rings (SSSR count). The summed E-state index contributed by atoms with van der Waals surface area (Å²) in [5.74, 6) is 1.33. The molecular formula is C23H33NO. The Morgan fingerprint density at radius 2 is 1.56 bits per heavy atom. The molecule has 136 valence electrons. The van der Waals surface area contributed by atoms with Crippen molar-refractivity contribution < 1.29 is 4.74 Å². The van der Waals surface area contributed by atoms with Gasteiger partial charge in [0.05, 0.1) is 6.61 Å². The third kappa shape index (κ3) is 6.53. The molecule has 0 fully saturated rings. The topological polar surface area (TPSA) is 22.1 Å². The van der Waals surface area contributed by atoms with E-state index in [1.165, 1.54) is 42.5 Å². The van der Waals surface area contributed by atoms with Crippen molar-refractivity contribution in [3.8, 4) is 5.75 Å². The SMILES string of the molecule is CCCCCCCOc1ccc(C(C)c2ccc(CCC)nc2)cc1. The van der Waals surface area contributed by atoms with E-state index in [4.69, 9.17) is 4.74 Å². The van der Waals surface area contributed by atoms with Crippen molar-refractivity contribution in [3.05, 3.63) is 59.4 Å². The fourth-order valence-corrected chi connectivity index (χ4v) is 3.04. The van der Waals surface area contributed by atoms with Gasteiger partial charge in [-0.25, -0.2) is 0 Å². The van der Waals surface area contributed by atoms with Crippen LogP contribution in [0, 0.1) is 0 Å². The lowest BCUT2D eigenvalue weighted by Crippen LogP contribution is -2.00. The molecule has 0 bridgehead atoms. The van der Waals surface area contributed by atoms with Crippen molar-refractivity contribution >= 4 is 0 Å². The second kappa shape index (κ2) is 10.9. The summed E-state index contributed by atoms with van der Waals surface area (Å²) in [7, 11) is 0. The predicted octanol–water partition coefficient (Wildman–Crippen LogP) is 6.54. The number of rotatable bonds is 11. The fraction of sp³-hybridized carbons (Fsp3) is 0.522. The molecule has 1 atom stereocenters. The molecule has 0 N–H and O–H groups in total. The molecule has 0 aliphatic rings. The standard InChI is InChI=1S/C23H33NO/c1-4-6-7-8-9-17-25-23-15-12-20(13-16-23)19(3)21-11-14-22(10-5-2)24-18-21/h11-16,18-19H,4-10,17H2,1-3H3. The zero-order valence-corrected chi connectivity index (χ0v) is 16.1. The first kappa shape index (κ1) is 19.5. The number of ether oxygens (including phenoxy) is 1. The molecule has 2 aromatic rings. The molecule has 0 spiro atoms. The third-order valence-electron chi connectivity index (χ3n) is 4.75. The second-order valence-corrected chi connectivity index (χ2v) is 6.89. The van der Waals surface area contributed by atoms with E-state index in [9.17, 15) is 0 Å². The molecule has 1 heterocycles. The molecule has 0 aliphatic heterocycles. The highest BCUT2D eigenvalue weighted by atomic mass is 16.5. The number of aromatic nitrogens is 1. The largest absolute Gasteiger partial charge is 0.494 e. The van der Waals surface area contributed by atoms with Gasteiger partial charge in [0.15, 0.2) is 0 Å². The van der Waals surface area contributed by atoms with Crippen LogP contribution in [0.3, 0.4) is 0 Å². The van der Waals surface area contributed by atoms with Gasteiger partial charge in [0.25, 0.3) is 0 Å². The summed E-state index contributed by atoms with van der Waals surface area (Å²) in [5, 5.41) is 0. The number of hydrogen-bond donors (Lipinski definition) is 0. The third-order valence-corrected chi connectivity index (χ3v) is 4.75. The van der Waals surface area contributed by atoms with Crippen molar-refractivity contribution in [2.24, 2.45) is 0 Å². The normalized spacial score (nSPS) is 12.1. The predicted molar refractivity (Wildman–Crippen MR) is 106 cm³/mol. The van der Waals surface area contributed by atoms with Crippen molar-refractivity contribution in [1.82, 2.24) is 4.98 Å². The van der Waals surface area contributed by atoms with Crippen LogP contribution in [0.15, 0.2) is 42.6 Å². The maximum Gasteiger partial charge on any atom is 0.119 e. The molecule has 0 radical (unpaired) electrons. The van der Waals surface area contributed by atoms with Crippen molar-refractivity contribution in [2.75, 3.05) is 6.61 Å². The maximum atomic E-state index is 5.86. The number of nitrogens with zero attached hydrogens (tertiary/aromatic N) is 1. The molecular weight excluding hydrogens is 306 g/mol. The summed E-state index contributed by atoms with van der Waals surface area (Å²) < 4.78 is 5.86. The van der Waals surface area contributed by atoms with E-state index in [1.807, 2.05) is 6.20 Å². The molecule has 0 saturated carbocycles. The zero-order valence-electron chi connectivity index (χ0n) is 16.1. The van der Waals surface area contributed by atoms with E-state index < -0.39 is 0 Å². The Kier molecular flexibility index (Phi) is 8.51. The lowest BCUT2D eigenvalue weighted by Gasteiger charge is -2.14. The average molecular weight is 340 g/mol. The van der Waals surface area contributed by atoms with Crippen LogP contribution in [-0.4, -0.2) is 11.6 Å². The van der Waals surface area contributed by atoms with Crippen molar-refractivity contribution in [1.29, 1.82) is 0 Å². The first-order valence-electron chi connectivity index (χ1n) is 9.92. The molecule has 1 aromatic heterocycles. The Labute approximate surface area is 153 Å². The Bertz CT molecular complexity index is 588. The van der Waals surface area contributed by atoms with Crippen molar-refractivity contribution in [3.63, 3.8) is 0 Å². The lowest BCUT2D eigenvalue weighted by molar-refractivity contribution is 0.304. The number of hydrogen-bond acceptors (Lipinski definition) is 2. The summed E-state index contributed by atoms with van der Waals surface area (Å²) in [6.45, 7) is 7.49. The van der Waals surface area contributed by atoms with Gasteiger partial charge < -0.3 is 4.74 Å². The summed E-state index contributed by atoms with van der Waals surface area (Å²) in [6.07, 6.45) is 10.6. The average Bonchev–Trinajstić information content (AvgIpc) is 2.65. The summed E-state index contributed by atoms with van der Waals surface area (Å²) in [5.41, 5.74) is 3.76.